The number of fused-ring (bicyclic) bond motifs is 2. The van der Waals surface area contributed by atoms with Gasteiger partial charge in [-0.1, -0.05) is 0 Å². The lowest BCUT2D eigenvalue weighted by Crippen LogP contribution is -2.15. The minimum absolute atomic E-state index is 0.283. The van der Waals surface area contributed by atoms with Crippen LogP contribution in [0.3, 0.4) is 0 Å². The lowest BCUT2D eigenvalue weighted by molar-refractivity contribution is -0.117. The van der Waals surface area contributed by atoms with Crippen LogP contribution in [-0.2, 0) is 4.79 Å². The van der Waals surface area contributed by atoms with Crippen molar-refractivity contribution in [2.24, 2.45) is 5.92 Å². The topological polar surface area (TPSA) is 93.0 Å². The molecule has 27 heavy (non-hydrogen) atoms. The van der Waals surface area contributed by atoms with Crippen LogP contribution in [0.15, 0.2) is 41.3 Å². The zero-order chi connectivity index (χ0) is 18.5. The molecule has 1 aliphatic rings. The predicted octanol–water partition coefficient (Wildman–Crippen LogP) is 3.68. The number of oxazole rings is 1. The van der Waals surface area contributed by atoms with Crippen molar-refractivity contribution in [1.29, 1.82) is 0 Å². The van der Waals surface area contributed by atoms with E-state index >= 15 is 0 Å². The summed E-state index contributed by atoms with van der Waals surface area (Å²) < 4.78 is 23.8. The second-order valence-electron chi connectivity index (χ2n) is 6.52. The molecule has 136 valence electrons. The number of hydrogen-bond donors (Lipinski definition) is 2. The molecule has 4 aromatic rings. The van der Waals surface area contributed by atoms with Crippen LogP contribution in [0.2, 0.25) is 0 Å². The van der Waals surface area contributed by atoms with Crippen LogP contribution in [0.25, 0.3) is 33.3 Å². The SMILES string of the molecule is COc1cc2ocnc2cc1-c1c[nH]c2nc(NC(=O)C3CC3F)ccc12. The zero-order valence-corrected chi connectivity index (χ0v) is 14.3. The number of amides is 1. The smallest absolute Gasteiger partial charge is 0.231 e. The molecule has 1 amide bonds. The van der Waals surface area contributed by atoms with Gasteiger partial charge in [0.05, 0.1) is 13.0 Å². The quantitative estimate of drug-likeness (QED) is 0.575. The second kappa shape index (κ2) is 5.80. The van der Waals surface area contributed by atoms with Gasteiger partial charge in [-0.15, -0.1) is 0 Å². The Balaban J connectivity index is 1.54. The van der Waals surface area contributed by atoms with Gasteiger partial charge >= 0.3 is 0 Å². The minimum Gasteiger partial charge on any atom is -0.496 e. The number of hydrogen-bond acceptors (Lipinski definition) is 5. The van der Waals surface area contributed by atoms with Crippen molar-refractivity contribution in [2.75, 3.05) is 12.4 Å². The number of pyridine rings is 1. The first-order valence-corrected chi connectivity index (χ1v) is 8.48. The first-order valence-electron chi connectivity index (χ1n) is 8.48. The third-order valence-electron chi connectivity index (χ3n) is 4.78. The number of carbonyl (C=O) groups excluding carboxylic acids is 1. The summed E-state index contributed by atoms with van der Waals surface area (Å²) in [7, 11) is 1.60. The number of alkyl halides is 1. The van der Waals surface area contributed by atoms with Gasteiger partial charge in [0.2, 0.25) is 5.91 Å². The highest BCUT2D eigenvalue weighted by molar-refractivity contribution is 6.00. The Bertz CT molecular complexity index is 1180. The Morgan fingerprint density at radius 1 is 1.37 bits per heavy atom. The van der Waals surface area contributed by atoms with Gasteiger partial charge in [0, 0.05) is 28.8 Å². The van der Waals surface area contributed by atoms with E-state index in [0.29, 0.717) is 22.8 Å². The van der Waals surface area contributed by atoms with Crippen LogP contribution in [0.4, 0.5) is 10.2 Å². The molecule has 2 atom stereocenters. The van der Waals surface area contributed by atoms with E-state index < -0.39 is 12.1 Å². The molecule has 1 aliphatic carbocycles. The molecule has 5 rings (SSSR count). The second-order valence-corrected chi connectivity index (χ2v) is 6.52. The molecule has 0 bridgehead atoms. The summed E-state index contributed by atoms with van der Waals surface area (Å²) in [6.45, 7) is 0. The third-order valence-corrected chi connectivity index (χ3v) is 4.78. The van der Waals surface area contributed by atoms with E-state index in [0.717, 1.165) is 22.0 Å². The van der Waals surface area contributed by atoms with Crippen molar-refractivity contribution in [1.82, 2.24) is 15.0 Å². The largest absolute Gasteiger partial charge is 0.496 e. The number of methoxy groups -OCH3 is 1. The molecule has 8 heteroatoms. The fraction of sp³-hybridized carbons (Fsp3) is 0.211. The number of rotatable bonds is 4. The molecule has 3 heterocycles. The molecular formula is C19H15FN4O3. The Labute approximate surface area is 152 Å². The highest BCUT2D eigenvalue weighted by Crippen LogP contribution is 2.38. The fourth-order valence-corrected chi connectivity index (χ4v) is 3.22. The normalized spacial score (nSPS) is 18.7. The Morgan fingerprint density at radius 2 is 2.22 bits per heavy atom. The lowest BCUT2D eigenvalue weighted by Gasteiger charge is -2.08. The van der Waals surface area contributed by atoms with Crippen molar-refractivity contribution < 1.29 is 18.3 Å². The van der Waals surface area contributed by atoms with Crippen LogP contribution in [0.5, 0.6) is 5.75 Å². The highest BCUT2D eigenvalue weighted by atomic mass is 19.1. The Morgan fingerprint density at radius 3 is 3.00 bits per heavy atom. The van der Waals surface area contributed by atoms with E-state index in [1.54, 1.807) is 19.2 Å². The number of aromatic amines is 1. The number of anilines is 1. The Kier molecular flexibility index (Phi) is 3.40. The highest BCUT2D eigenvalue weighted by Gasteiger charge is 2.43. The fourth-order valence-electron chi connectivity index (χ4n) is 3.22. The zero-order valence-electron chi connectivity index (χ0n) is 14.3. The predicted molar refractivity (Wildman–Crippen MR) is 97.3 cm³/mol. The van der Waals surface area contributed by atoms with Crippen LogP contribution < -0.4 is 10.1 Å². The summed E-state index contributed by atoms with van der Waals surface area (Å²) in [5, 5.41) is 3.53. The summed E-state index contributed by atoms with van der Waals surface area (Å²) in [6, 6.07) is 7.25. The molecule has 0 saturated heterocycles. The number of aromatic nitrogens is 3. The number of carbonyl (C=O) groups is 1. The average Bonchev–Trinajstić information content (AvgIpc) is 3.07. The number of nitrogens with one attached hydrogen (secondary N) is 2. The van der Waals surface area contributed by atoms with Crippen molar-refractivity contribution in [3.8, 4) is 16.9 Å². The molecule has 2 unspecified atom stereocenters. The summed E-state index contributed by atoms with van der Waals surface area (Å²) in [5.41, 5.74) is 3.72. The van der Waals surface area contributed by atoms with Gasteiger partial charge < -0.3 is 19.5 Å². The van der Waals surface area contributed by atoms with Gasteiger partial charge in [-0.05, 0) is 24.6 Å². The first kappa shape index (κ1) is 15.8. The number of H-pyrrole nitrogens is 1. The maximum Gasteiger partial charge on any atom is 0.231 e. The van der Waals surface area contributed by atoms with E-state index in [4.69, 9.17) is 9.15 Å². The standard InChI is InChI=1S/C19H15FN4O3/c1-26-15-6-16-14(22-8-27-16)5-10(15)12-7-21-18-9(12)2-3-17(23-18)24-19(25)11-4-13(11)20/h2-3,5-8,11,13H,4H2,1H3,(H2,21,23,24,25). The number of nitrogens with zero attached hydrogens (tertiary/aromatic N) is 2. The van der Waals surface area contributed by atoms with E-state index in [-0.39, 0.29) is 12.3 Å². The van der Waals surface area contributed by atoms with E-state index in [9.17, 15) is 9.18 Å². The number of ether oxygens (including phenoxy) is 1. The van der Waals surface area contributed by atoms with Crippen molar-refractivity contribution in [2.45, 2.75) is 12.6 Å². The average molecular weight is 366 g/mol. The van der Waals surface area contributed by atoms with Crippen LogP contribution in [0, 0.1) is 5.92 Å². The molecule has 1 saturated carbocycles. The van der Waals surface area contributed by atoms with Crippen molar-refractivity contribution in [3.05, 3.63) is 36.9 Å². The van der Waals surface area contributed by atoms with Gasteiger partial charge in [-0.2, -0.15) is 0 Å². The molecular weight excluding hydrogens is 351 g/mol. The molecule has 2 N–H and O–H groups in total. The van der Waals surface area contributed by atoms with Gasteiger partial charge in [-0.3, -0.25) is 4.79 Å². The first-order chi connectivity index (χ1) is 13.1. The maximum absolute atomic E-state index is 13.0. The van der Waals surface area contributed by atoms with Crippen LogP contribution >= 0.6 is 0 Å². The third kappa shape index (κ3) is 2.61. The lowest BCUT2D eigenvalue weighted by atomic mass is 10.0. The number of benzene rings is 1. The van der Waals surface area contributed by atoms with E-state index in [1.807, 2.05) is 18.3 Å². The summed E-state index contributed by atoms with van der Waals surface area (Å²) in [5.74, 6) is 0.151. The van der Waals surface area contributed by atoms with Crippen LogP contribution in [0.1, 0.15) is 6.42 Å². The number of halogens is 1. The van der Waals surface area contributed by atoms with Crippen molar-refractivity contribution >= 4 is 33.9 Å². The summed E-state index contributed by atoms with van der Waals surface area (Å²) in [4.78, 5) is 23.6. The monoisotopic (exact) mass is 366 g/mol. The molecule has 3 aromatic heterocycles. The summed E-state index contributed by atoms with van der Waals surface area (Å²) >= 11 is 0. The van der Waals surface area contributed by atoms with Gasteiger partial charge in [-0.25, -0.2) is 14.4 Å². The van der Waals surface area contributed by atoms with Crippen molar-refractivity contribution in [3.63, 3.8) is 0 Å². The van der Waals surface area contributed by atoms with Crippen LogP contribution in [-0.4, -0.2) is 34.1 Å². The molecule has 0 aliphatic heterocycles. The Hall–Kier alpha value is -3.42. The molecule has 1 fully saturated rings. The molecule has 1 aromatic carbocycles. The van der Waals surface area contributed by atoms with E-state index in [2.05, 4.69) is 20.3 Å². The van der Waals surface area contributed by atoms with Gasteiger partial charge in [0.1, 0.15) is 28.9 Å². The molecule has 0 radical (unpaired) electrons. The van der Waals surface area contributed by atoms with Gasteiger partial charge in [0.15, 0.2) is 12.0 Å². The maximum atomic E-state index is 13.0. The van der Waals surface area contributed by atoms with E-state index in [1.165, 1.54) is 6.39 Å². The van der Waals surface area contributed by atoms with Gasteiger partial charge in [0.25, 0.3) is 0 Å². The molecule has 7 nitrogen and oxygen atoms in total. The minimum atomic E-state index is -1.04. The summed E-state index contributed by atoms with van der Waals surface area (Å²) in [6.07, 6.45) is 2.46. The molecule has 0 spiro atoms.